The van der Waals surface area contributed by atoms with Gasteiger partial charge >= 0.3 is 18.1 Å². The zero-order chi connectivity index (χ0) is 30.5. The van der Waals surface area contributed by atoms with E-state index in [-0.39, 0.29) is 11.8 Å². The molecule has 2 aromatic rings. The number of ether oxygens (including phenoxy) is 2. The summed E-state index contributed by atoms with van der Waals surface area (Å²) in [7, 11) is 3.32. The molecule has 1 atom stereocenters. The van der Waals surface area contributed by atoms with Gasteiger partial charge in [-0.25, -0.2) is 14.6 Å². The van der Waals surface area contributed by atoms with Gasteiger partial charge in [0.15, 0.2) is 5.13 Å². The summed E-state index contributed by atoms with van der Waals surface area (Å²) in [6, 6.07) is 7.20. The van der Waals surface area contributed by atoms with Crippen LogP contribution in [0.3, 0.4) is 0 Å². The second-order valence-corrected chi connectivity index (χ2v) is 12.5. The Labute approximate surface area is 239 Å². The van der Waals surface area contributed by atoms with E-state index >= 15 is 0 Å². The van der Waals surface area contributed by atoms with Gasteiger partial charge in [0.1, 0.15) is 4.88 Å². The van der Waals surface area contributed by atoms with E-state index in [9.17, 15) is 19.2 Å². The lowest BCUT2D eigenvalue weighted by Crippen LogP contribution is -2.59. The third kappa shape index (κ3) is 9.11. The summed E-state index contributed by atoms with van der Waals surface area (Å²) < 4.78 is 11.0. The minimum absolute atomic E-state index is 0.188. The maximum Gasteiger partial charge on any atom is 0.412 e. The van der Waals surface area contributed by atoms with E-state index in [2.05, 4.69) is 20.9 Å². The molecule has 0 radical (unpaired) electrons. The van der Waals surface area contributed by atoms with Crippen LogP contribution in [0.25, 0.3) is 0 Å². The highest BCUT2D eigenvalue weighted by atomic mass is 32.1. The average Bonchev–Trinajstić information content (AvgIpc) is 3.17. The number of alkyl carbamates (subject to hydrolysis) is 1. The largest absolute Gasteiger partial charge is 0.412 e. The quantitative estimate of drug-likeness (QED) is 0.320. The summed E-state index contributed by atoms with van der Waals surface area (Å²) in [6.45, 7) is 12.0. The monoisotopic (exact) mass is 576 g/mol. The summed E-state index contributed by atoms with van der Waals surface area (Å²) in [5, 5.41) is 8.74. The van der Waals surface area contributed by atoms with Crippen LogP contribution in [-0.4, -0.2) is 59.4 Å². The molecule has 0 fully saturated rings. The maximum atomic E-state index is 12.7. The first-order valence-corrected chi connectivity index (χ1v) is 13.5. The predicted octanol–water partition coefficient (Wildman–Crippen LogP) is 4.32. The standard InChI is InChI=1S/C27H40N6O6S/c1-16(34)29-23-30-19(20(40-23)21(35)33(8)9)15-12-17-10-13-18(14-11-17)31-27(25(2,3)4,38-22(28)36)39-24(37)32-26(5,6)7/h10-11,13-14,31H,12,15H2,1-9H3,(H2,28,36)(H,32,37)(H,29,30,34). The number of rotatable bonds is 9. The predicted molar refractivity (Wildman–Crippen MR) is 154 cm³/mol. The van der Waals surface area contributed by atoms with E-state index in [1.54, 1.807) is 67.8 Å². The zero-order valence-electron chi connectivity index (χ0n) is 24.6. The zero-order valence-corrected chi connectivity index (χ0v) is 25.4. The molecule has 0 saturated carbocycles. The van der Waals surface area contributed by atoms with Crippen molar-refractivity contribution < 1.29 is 28.7 Å². The molecule has 2 rings (SSSR count). The summed E-state index contributed by atoms with van der Waals surface area (Å²) in [5.74, 6) is -2.37. The van der Waals surface area contributed by atoms with Crippen LogP contribution in [0.5, 0.6) is 0 Å². The number of nitrogens with one attached hydrogen (secondary N) is 3. The number of thiazole rings is 1. The third-order valence-electron chi connectivity index (χ3n) is 5.44. The van der Waals surface area contributed by atoms with Crippen LogP contribution >= 0.6 is 11.3 Å². The Balaban J connectivity index is 2.27. The smallest absolute Gasteiger partial charge is 0.387 e. The van der Waals surface area contributed by atoms with Gasteiger partial charge in [0.2, 0.25) is 5.91 Å². The van der Waals surface area contributed by atoms with Crippen molar-refractivity contribution in [1.82, 2.24) is 15.2 Å². The van der Waals surface area contributed by atoms with Gasteiger partial charge in [0, 0.05) is 32.2 Å². The maximum absolute atomic E-state index is 12.7. The SMILES string of the molecule is CC(=O)Nc1nc(CCc2ccc(NC(OC(N)=O)(OC(=O)NC(C)(C)C)C(C)(C)C)cc2)c(C(=O)N(C)C)s1. The van der Waals surface area contributed by atoms with E-state index in [4.69, 9.17) is 15.2 Å². The molecule has 40 heavy (non-hydrogen) atoms. The molecular weight excluding hydrogens is 536 g/mol. The van der Waals surface area contributed by atoms with Gasteiger partial charge in [0.25, 0.3) is 5.91 Å². The fraction of sp³-hybridized carbons (Fsp3) is 0.519. The Morgan fingerprint density at radius 3 is 2.05 bits per heavy atom. The number of nitrogens with zero attached hydrogens (tertiary/aromatic N) is 2. The summed E-state index contributed by atoms with van der Waals surface area (Å²) in [5.41, 5.74) is 5.88. The van der Waals surface area contributed by atoms with Crippen molar-refractivity contribution in [2.75, 3.05) is 24.7 Å². The fourth-order valence-corrected chi connectivity index (χ4v) is 4.55. The lowest BCUT2D eigenvalue weighted by Gasteiger charge is -2.42. The van der Waals surface area contributed by atoms with Crippen molar-refractivity contribution in [2.45, 2.75) is 72.8 Å². The number of aromatic nitrogens is 1. The molecule has 1 heterocycles. The molecule has 220 valence electrons. The lowest BCUT2D eigenvalue weighted by atomic mass is 9.90. The average molecular weight is 577 g/mol. The van der Waals surface area contributed by atoms with Crippen LogP contribution in [0, 0.1) is 5.41 Å². The van der Waals surface area contributed by atoms with Gasteiger partial charge in [-0.3, -0.25) is 9.59 Å². The molecule has 0 aliphatic carbocycles. The number of hydrogen-bond acceptors (Lipinski definition) is 9. The molecule has 0 aliphatic rings. The minimum atomic E-state index is -1.92. The Hall–Kier alpha value is -3.87. The second-order valence-electron chi connectivity index (χ2n) is 11.5. The Morgan fingerprint density at radius 2 is 1.57 bits per heavy atom. The van der Waals surface area contributed by atoms with Gasteiger partial charge in [0.05, 0.1) is 11.1 Å². The normalized spacial score (nSPS) is 13.0. The van der Waals surface area contributed by atoms with Crippen LogP contribution in [0.4, 0.5) is 20.4 Å². The first kappa shape index (κ1) is 32.3. The van der Waals surface area contributed by atoms with Crippen LogP contribution in [0.1, 0.15) is 69.4 Å². The Morgan fingerprint density at radius 1 is 0.975 bits per heavy atom. The molecule has 4 amide bonds. The van der Waals surface area contributed by atoms with Crippen molar-refractivity contribution in [3.8, 4) is 0 Å². The van der Waals surface area contributed by atoms with Crippen molar-refractivity contribution in [1.29, 1.82) is 0 Å². The molecule has 0 saturated heterocycles. The number of hydrogen-bond donors (Lipinski definition) is 4. The highest BCUT2D eigenvalue weighted by Crippen LogP contribution is 2.37. The molecule has 13 heteroatoms. The number of anilines is 2. The number of aryl methyl sites for hydroxylation is 2. The number of carbonyl (C=O) groups is 4. The van der Waals surface area contributed by atoms with E-state index in [0.717, 1.165) is 16.9 Å². The number of primary amides is 1. The fourth-order valence-electron chi connectivity index (χ4n) is 3.47. The number of amides is 4. The van der Waals surface area contributed by atoms with Gasteiger partial charge in [-0.05, 0) is 51.3 Å². The topological polar surface area (TPSA) is 165 Å². The van der Waals surface area contributed by atoms with Crippen LogP contribution in [-0.2, 0) is 27.1 Å². The number of nitrogens with two attached hydrogens (primary N) is 1. The third-order valence-corrected chi connectivity index (χ3v) is 6.44. The van der Waals surface area contributed by atoms with Crippen molar-refractivity contribution in [3.05, 3.63) is 40.4 Å². The first-order valence-electron chi connectivity index (χ1n) is 12.7. The molecule has 0 bridgehead atoms. The van der Waals surface area contributed by atoms with Gasteiger partial charge < -0.3 is 36.1 Å². The molecule has 1 aromatic heterocycles. The van der Waals surface area contributed by atoms with Gasteiger partial charge in [-0.15, -0.1) is 0 Å². The Bertz CT molecular complexity index is 1230. The van der Waals surface area contributed by atoms with E-state index < -0.39 is 29.1 Å². The highest BCUT2D eigenvalue weighted by molar-refractivity contribution is 7.17. The number of benzene rings is 1. The van der Waals surface area contributed by atoms with E-state index in [1.807, 2.05) is 12.1 Å². The van der Waals surface area contributed by atoms with E-state index in [1.165, 1.54) is 11.8 Å². The molecule has 0 spiro atoms. The lowest BCUT2D eigenvalue weighted by molar-refractivity contribution is -0.202. The van der Waals surface area contributed by atoms with Gasteiger partial charge in [-0.2, -0.15) is 0 Å². The van der Waals surface area contributed by atoms with Crippen LogP contribution in [0.2, 0.25) is 0 Å². The molecule has 12 nitrogen and oxygen atoms in total. The molecule has 0 aliphatic heterocycles. The molecule has 5 N–H and O–H groups in total. The summed E-state index contributed by atoms with van der Waals surface area (Å²) >= 11 is 1.14. The minimum Gasteiger partial charge on any atom is -0.387 e. The summed E-state index contributed by atoms with van der Waals surface area (Å²) in [4.78, 5) is 55.1. The van der Waals surface area contributed by atoms with E-state index in [0.29, 0.717) is 34.2 Å². The van der Waals surface area contributed by atoms with Crippen LogP contribution < -0.4 is 21.7 Å². The van der Waals surface area contributed by atoms with Gasteiger partial charge in [-0.1, -0.05) is 44.2 Å². The second kappa shape index (κ2) is 12.5. The van der Waals surface area contributed by atoms with Crippen molar-refractivity contribution in [2.24, 2.45) is 11.1 Å². The molecular formula is C27H40N6O6S. The van der Waals surface area contributed by atoms with Crippen molar-refractivity contribution >= 4 is 46.2 Å². The first-order chi connectivity index (χ1) is 18.3. The van der Waals surface area contributed by atoms with Crippen LogP contribution in [0.15, 0.2) is 24.3 Å². The molecule has 1 aromatic carbocycles. The number of carbonyl (C=O) groups excluding carboxylic acids is 4. The highest BCUT2D eigenvalue weighted by Gasteiger charge is 2.50. The summed E-state index contributed by atoms with van der Waals surface area (Å²) in [6.07, 6.45) is -0.889. The molecule has 1 unspecified atom stereocenters. The van der Waals surface area contributed by atoms with Crippen molar-refractivity contribution in [3.63, 3.8) is 0 Å². The Kier molecular flexibility index (Phi) is 10.1.